The molecule has 3 nitrogen and oxygen atoms in total. The number of nitrogens with one attached hydrogen (secondary N) is 2. The van der Waals surface area contributed by atoms with Gasteiger partial charge in [0.15, 0.2) is 0 Å². The summed E-state index contributed by atoms with van der Waals surface area (Å²) in [6.07, 6.45) is 5.58. The molecule has 3 heteroatoms. The molecule has 0 radical (unpaired) electrons. The normalized spacial score (nSPS) is 28.5. The van der Waals surface area contributed by atoms with E-state index >= 15 is 0 Å². The Bertz CT molecular complexity index is 213. The van der Waals surface area contributed by atoms with E-state index in [9.17, 15) is 0 Å². The zero-order valence-electron chi connectivity index (χ0n) is 10.9. The Morgan fingerprint density at radius 1 is 1.31 bits per heavy atom. The minimum Gasteiger partial charge on any atom is -0.319 e. The molecule has 0 bridgehead atoms. The first-order valence-corrected chi connectivity index (χ1v) is 6.78. The lowest BCUT2D eigenvalue weighted by molar-refractivity contribution is 0.377. The lowest BCUT2D eigenvalue weighted by Gasteiger charge is -2.16. The summed E-state index contributed by atoms with van der Waals surface area (Å²) in [6.45, 7) is 6.23. The van der Waals surface area contributed by atoms with Crippen molar-refractivity contribution in [3.63, 3.8) is 0 Å². The molecule has 1 aliphatic heterocycles. The van der Waals surface area contributed by atoms with Crippen molar-refractivity contribution in [1.82, 2.24) is 15.5 Å². The molecule has 0 aromatic carbocycles. The van der Waals surface area contributed by atoms with Gasteiger partial charge in [-0.1, -0.05) is 0 Å². The highest BCUT2D eigenvalue weighted by Crippen LogP contribution is 2.44. The van der Waals surface area contributed by atoms with Gasteiger partial charge in [-0.2, -0.15) is 0 Å². The van der Waals surface area contributed by atoms with E-state index in [0.29, 0.717) is 5.41 Å². The number of rotatable bonds is 7. The topological polar surface area (TPSA) is 27.3 Å². The van der Waals surface area contributed by atoms with Gasteiger partial charge in [0.05, 0.1) is 0 Å². The van der Waals surface area contributed by atoms with E-state index in [0.717, 1.165) is 5.92 Å². The van der Waals surface area contributed by atoms with Gasteiger partial charge in [0.25, 0.3) is 0 Å². The second kappa shape index (κ2) is 5.48. The van der Waals surface area contributed by atoms with Gasteiger partial charge in [-0.3, -0.25) is 0 Å². The predicted molar refractivity (Wildman–Crippen MR) is 68.7 cm³/mol. The number of nitrogens with zero attached hydrogens (tertiary/aromatic N) is 1. The Hall–Kier alpha value is -0.120. The SMILES string of the molecule is CNCC1(CNCCC2CCN(C)C2)CC1. The third kappa shape index (κ3) is 3.44. The molecule has 1 heterocycles. The maximum Gasteiger partial charge on any atom is 0.00200 e. The Morgan fingerprint density at radius 3 is 2.69 bits per heavy atom. The minimum atomic E-state index is 0.612. The van der Waals surface area contributed by atoms with Gasteiger partial charge in [0.1, 0.15) is 0 Å². The van der Waals surface area contributed by atoms with Crippen LogP contribution in [0, 0.1) is 11.3 Å². The maximum atomic E-state index is 3.66. The van der Waals surface area contributed by atoms with Crippen molar-refractivity contribution < 1.29 is 0 Å². The molecule has 1 saturated heterocycles. The molecule has 1 aliphatic carbocycles. The molecule has 2 N–H and O–H groups in total. The summed E-state index contributed by atoms with van der Waals surface area (Å²) in [5, 5.41) is 6.97. The average Bonchev–Trinajstić information content (AvgIpc) is 2.90. The van der Waals surface area contributed by atoms with Crippen molar-refractivity contribution in [1.29, 1.82) is 0 Å². The average molecular weight is 225 g/mol. The molecule has 0 aromatic heterocycles. The zero-order valence-corrected chi connectivity index (χ0v) is 10.9. The molecule has 94 valence electrons. The summed E-state index contributed by atoms with van der Waals surface area (Å²) < 4.78 is 0. The Morgan fingerprint density at radius 2 is 2.12 bits per heavy atom. The Kier molecular flexibility index (Phi) is 4.22. The summed E-state index contributed by atoms with van der Waals surface area (Å²) in [6, 6.07) is 0. The lowest BCUT2D eigenvalue weighted by Crippen LogP contribution is -2.32. The van der Waals surface area contributed by atoms with E-state index in [1.165, 1.54) is 58.4 Å². The predicted octanol–water partition coefficient (Wildman–Crippen LogP) is 0.917. The van der Waals surface area contributed by atoms with E-state index in [1.807, 2.05) is 0 Å². The van der Waals surface area contributed by atoms with Crippen LogP contribution in [0.2, 0.25) is 0 Å². The van der Waals surface area contributed by atoms with Crippen LogP contribution in [-0.2, 0) is 0 Å². The monoisotopic (exact) mass is 225 g/mol. The van der Waals surface area contributed by atoms with Crippen LogP contribution in [0.15, 0.2) is 0 Å². The maximum absolute atomic E-state index is 3.66. The van der Waals surface area contributed by atoms with Crippen molar-refractivity contribution in [2.45, 2.75) is 25.7 Å². The molecule has 2 rings (SSSR count). The van der Waals surface area contributed by atoms with Gasteiger partial charge < -0.3 is 15.5 Å². The molecule has 2 aliphatic rings. The van der Waals surface area contributed by atoms with Crippen LogP contribution in [0.3, 0.4) is 0 Å². The fourth-order valence-electron chi connectivity index (χ4n) is 2.89. The third-order valence-corrected chi connectivity index (χ3v) is 4.23. The van der Waals surface area contributed by atoms with E-state index in [-0.39, 0.29) is 0 Å². The van der Waals surface area contributed by atoms with Crippen molar-refractivity contribution in [3.05, 3.63) is 0 Å². The molecule has 0 spiro atoms. The summed E-state index contributed by atoms with van der Waals surface area (Å²) >= 11 is 0. The Labute approximate surface area is 100.0 Å². The van der Waals surface area contributed by atoms with Crippen LogP contribution in [0.25, 0.3) is 0 Å². The first-order chi connectivity index (χ1) is 7.74. The van der Waals surface area contributed by atoms with Crippen LogP contribution in [0.4, 0.5) is 0 Å². The van der Waals surface area contributed by atoms with Crippen LogP contribution in [0.1, 0.15) is 25.7 Å². The van der Waals surface area contributed by atoms with Gasteiger partial charge in [0, 0.05) is 19.6 Å². The fourth-order valence-corrected chi connectivity index (χ4v) is 2.89. The fraction of sp³-hybridized carbons (Fsp3) is 1.00. The van der Waals surface area contributed by atoms with Crippen molar-refractivity contribution in [2.24, 2.45) is 11.3 Å². The van der Waals surface area contributed by atoms with E-state index in [4.69, 9.17) is 0 Å². The van der Waals surface area contributed by atoms with Crippen LogP contribution < -0.4 is 10.6 Å². The van der Waals surface area contributed by atoms with Gasteiger partial charge in [-0.05, 0) is 64.2 Å². The number of likely N-dealkylation sites (tertiary alicyclic amines) is 1. The molecule has 1 saturated carbocycles. The molecule has 0 amide bonds. The van der Waals surface area contributed by atoms with Crippen molar-refractivity contribution in [2.75, 3.05) is 46.8 Å². The summed E-state index contributed by atoms with van der Waals surface area (Å²) in [5.74, 6) is 0.942. The number of hydrogen-bond acceptors (Lipinski definition) is 3. The summed E-state index contributed by atoms with van der Waals surface area (Å²) in [7, 11) is 4.30. The van der Waals surface area contributed by atoms with Crippen molar-refractivity contribution in [3.8, 4) is 0 Å². The lowest BCUT2D eigenvalue weighted by atomic mass is 10.0. The third-order valence-electron chi connectivity index (χ3n) is 4.23. The van der Waals surface area contributed by atoms with Crippen LogP contribution >= 0.6 is 0 Å². The van der Waals surface area contributed by atoms with E-state index < -0.39 is 0 Å². The summed E-state index contributed by atoms with van der Waals surface area (Å²) in [5.41, 5.74) is 0.612. The quantitative estimate of drug-likeness (QED) is 0.631. The molecule has 0 aromatic rings. The molecule has 16 heavy (non-hydrogen) atoms. The first kappa shape index (κ1) is 12.3. The van der Waals surface area contributed by atoms with Gasteiger partial charge in [0.2, 0.25) is 0 Å². The molecule has 2 fully saturated rings. The highest BCUT2D eigenvalue weighted by atomic mass is 15.1. The molecular formula is C13H27N3. The van der Waals surface area contributed by atoms with Crippen LogP contribution in [-0.4, -0.2) is 51.7 Å². The van der Waals surface area contributed by atoms with Gasteiger partial charge in [-0.15, -0.1) is 0 Å². The molecule has 1 unspecified atom stereocenters. The molecular weight excluding hydrogens is 198 g/mol. The second-order valence-corrected chi connectivity index (χ2v) is 5.91. The van der Waals surface area contributed by atoms with Crippen molar-refractivity contribution >= 4 is 0 Å². The van der Waals surface area contributed by atoms with Gasteiger partial charge in [-0.25, -0.2) is 0 Å². The highest BCUT2D eigenvalue weighted by Gasteiger charge is 2.41. The largest absolute Gasteiger partial charge is 0.319 e. The Balaban J connectivity index is 1.52. The second-order valence-electron chi connectivity index (χ2n) is 5.91. The van der Waals surface area contributed by atoms with E-state index in [1.54, 1.807) is 0 Å². The van der Waals surface area contributed by atoms with E-state index in [2.05, 4.69) is 29.6 Å². The molecule has 1 atom stereocenters. The highest BCUT2D eigenvalue weighted by molar-refractivity contribution is 4.96. The minimum absolute atomic E-state index is 0.612. The first-order valence-electron chi connectivity index (χ1n) is 6.78. The smallest absolute Gasteiger partial charge is 0.00200 e. The van der Waals surface area contributed by atoms with Gasteiger partial charge >= 0.3 is 0 Å². The zero-order chi connectivity index (χ0) is 11.4. The number of hydrogen-bond donors (Lipinski definition) is 2. The summed E-state index contributed by atoms with van der Waals surface area (Å²) in [4.78, 5) is 2.45. The standard InChI is InChI=1S/C13H27N3/c1-14-10-13(5-6-13)11-15-7-3-12-4-8-16(2)9-12/h12,14-15H,3-11H2,1-2H3. The van der Waals surface area contributed by atoms with Crippen LogP contribution in [0.5, 0.6) is 0 Å².